The van der Waals surface area contributed by atoms with Gasteiger partial charge in [-0.2, -0.15) is 0 Å². The molecule has 0 aliphatic carbocycles. The molecule has 0 saturated carbocycles. The third kappa shape index (κ3) is 9.25. The molecule has 12 nitrogen and oxygen atoms in total. The van der Waals surface area contributed by atoms with Gasteiger partial charge in [0.05, 0.1) is 50.3 Å². The van der Waals surface area contributed by atoms with E-state index in [9.17, 15) is 4.79 Å². The molecule has 13 heteroatoms. The lowest BCUT2D eigenvalue weighted by Gasteiger charge is -2.25. The lowest BCUT2D eigenvalue weighted by atomic mass is 10.1. The van der Waals surface area contributed by atoms with E-state index >= 15 is 0 Å². The smallest absolute Gasteiger partial charge is 0.310 e. The maximum absolute atomic E-state index is 11.8. The fourth-order valence-corrected chi connectivity index (χ4v) is 6.91. The minimum Gasteiger partial charge on any atom is -0.493 e. The Balaban J connectivity index is 1.02. The number of hydrogen-bond acceptors (Lipinski definition) is 12. The van der Waals surface area contributed by atoms with Crippen molar-refractivity contribution in [3.8, 4) is 34.5 Å². The van der Waals surface area contributed by atoms with Crippen LogP contribution in [0.4, 0.5) is 5.13 Å². The van der Waals surface area contributed by atoms with Crippen LogP contribution in [0.15, 0.2) is 83.4 Å². The zero-order valence-electron chi connectivity index (χ0n) is 31.3. The van der Waals surface area contributed by atoms with Crippen molar-refractivity contribution in [2.24, 2.45) is 0 Å². The van der Waals surface area contributed by atoms with Crippen LogP contribution < -0.4 is 19.1 Å². The Bertz CT molecular complexity index is 2240. The average Bonchev–Trinajstić information content (AvgIpc) is 3.92. The van der Waals surface area contributed by atoms with Gasteiger partial charge in [0.15, 0.2) is 16.6 Å². The van der Waals surface area contributed by atoms with Gasteiger partial charge < -0.3 is 33.0 Å². The number of benzene rings is 3. The summed E-state index contributed by atoms with van der Waals surface area (Å²) in [7, 11) is 1.60. The van der Waals surface area contributed by atoms with Crippen LogP contribution in [0, 0.1) is 13.8 Å². The predicted molar refractivity (Wildman–Crippen MR) is 211 cm³/mol. The second-order valence-corrected chi connectivity index (χ2v) is 14.0. The topological polar surface area (TPSA) is 123 Å². The highest BCUT2D eigenvalue weighted by Gasteiger charge is 2.18. The Morgan fingerprint density at radius 1 is 0.909 bits per heavy atom. The highest BCUT2D eigenvalue weighted by atomic mass is 32.1. The number of para-hydroxylation sites is 1. The number of methoxy groups -OCH3 is 1. The van der Waals surface area contributed by atoms with Gasteiger partial charge in [-0.15, -0.1) is 16.4 Å². The second kappa shape index (κ2) is 17.5. The first kappa shape index (κ1) is 37.4. The minimum atomic E-state index is -0.258. The minimum absolute atomic E-state index is 0.182. The summed E-state index contributed by atoms with van der Waals surface area (Å²) >= 11 is 1.69. The number of ether oxygens (including phenoxy) is 5. The van der Waals surface area contributed by atoms with Crippen molar-refractivity contribution in [2.45, 2.75) is 40.4 Å². The van der Waals surface area contributed by atoms with Gasteiger partial charge in [0.25, 0.3) is 0 Å². The third-order valence-electron chi connectivity index (χ3n) is 8.97. The normalized spacial score (nSPS) is 13.0. The van der Waals surface area contributed by atoms with E-state index < -0.39 is 0 Å². The monoisotopic (exact) mass is 761 g/mol. The maximum atomic E-state index is 11.8. The van der Waals surface area contributed by atoms with Crippen molar-refractivity contribution in [2.75, 3.05) is 44.9 Å². The van der Waals surface area contributed by atoms with Crippen LogP contribution in [0.3, 0.4) is 0 Å². The zero-order valence-corrected chi connectivity index (χ0v) is 32.1. The Labute approximate surface area is 323 Å². The molecule has 6 aromatic rings. The van der Waals surface area contributed by atoms with Crippen molar-refractivity contribution < 1.29 is 32.9 Å². The molecule has 4 heterocycles. The Morgan fingerprint density at radius 3 is 2.45 bits per heavy atom. The van der Waals surface area contributed by atoms with Crippen LogP contribution in [0.25, 0.3) is 29.3 Å². The quantitative estimate of drug-likeness (QED) is 0.0950. The second-order valence-electron chi connectivity index (χ2n) is 12.8. The summed E-state index contributed by atoms with van der Waals surface area (Å²) in [5.74, 6) is 2.48. The molecular formula is C42H43N5O7S. The summed E-state index contributed by atoms with van der Waals surface area (Å²) in [6.45, 7) is 9.65. The number of aromatic nitrogens is 4. The van der Waals surface area contributed by atoms with Crippen LogP contribution >= 0.6 is 11.3 Å². The molecule has 0 amide bonds. The van der Waals surface area contributed by atoms with Crippen molar-refractivity contribution in [3.63, 3.8) is 0 Å². The van der Waals surface area contributed by atoms with Crippen LogP contribution in [0.1, 0.15) is 45.6 Å². The van der Waals surface area contributed by atoms with Crippen LogP contribution in [0.2, 0.25) is 0 Å². The lowest BCUT2D eigenvalue weighted by Crippen LogP contribution is -2.36. The average molecular weight is 762 g/mol. The Hall–Kier alpha value is -5.92. The van der Waals surface area contributed by atoms with Gasteiger partial charge in [-0.1, -0.05) is 36.4 Å². The van der Waals surface area contributed by atoms with E-state index in [1.165, 1.54) is 0 Å². The van der Waals surface area contributed by atoms with Crippen molar-refractivity contribution in [3.05, 3.63) is 118 Å². The number of thiazole rings is 1. The number of oxazole rings is 1. The number of nitrogens with zero attached hydrogens (tertiary/aromatic N) is 5. The Morgan fingerprint density at radius 2 is 1.69 bits per heavy atom. The number of anilines is 1. The third-order valence-corrected chi connectivity index (χ3v) is 10.0. The van der Waals surface area contributed by atoms with E-state index in [4.69, 9.17) is 38.2 Å². The number of carbonyl (C=O) groups is 1. The van der Waals surface area contributed by atoms with Gasteiger partial charge in [0, 0.05) is 29.7 Å². The predicted octanol–water partition coefficient (Wildman–Crippen LogP) is 7.88. The highest BCUT2D eigenvalue weighted by molar-refractivity contribution is 7.15. The highest BCUT2D eigenvalue weighted by Crippen LogP contribution is 2.32. The molecule has 3 aromatic carbocycles. The number of carbonyl (C=O) groups excluding carboxylic acids is 1. The summed E-state index contributed by atoms with van der Waals surface area (Å²) in [5.41, 5.74) is 5.87. The van der Waals surface area contributed by atoms with Gasteiger partial charge in [0.2, 0.25) is 11.8 Å². The summed E-state index contributed by atoms with van der Waals surface area (Å²) in [5, 5.41) is 5.81. The molecule has 55 heavy (non-hydrogen) atoms. The molecule has 1 fully saturated rings. The van der Waals surface area contributed by atoms with E-state index in [1.807, 2.05) is 103 Å². The number of aryl methyl sites for hydroxylation is 2. The number of hydrogen-bond donors (Lipinski definition) is 0. The van der Waals surface area contributed by atoms with E-state index in [1.54, 1.807) is 25.4 Å². The van der Waals surface area contributed by atoms with Crippen molar-refractivity contribution >= 4 is 34.6 Å². The largest absolute Gasteiger partial charge is 0.493 e. The first-order chi connectivity index (χ1) is 26.9. The Kier molecular flexibility index (Phi) is 11.9. The summed E-state index contributed by atoms with van der Waals surface area (Å²) in [6, 6.07) is 23.1. The zero-order chi connectivity index (χ0) is 38.1. The van der Waals surface area contributed by atoms with Gasteiger partial charge in [0.1, 0.15) is 24.7 Å². The molecule has 1 aliphatic heterocycles. The summed E-state index contributed by atoms with van der Waals surface area (Å²) in [6.07, 6.45) is 6.20. The summed E-state index contributed by atoms with van der Waals surface area (Å²) < 4.78 is 36.6. The van der Waals surface area contributed by atoms with E-state index in [-0.39, 0.29) is 25.6 Å². The molecule has 1 saturated heterocycles. The molecule has 0 bridgehead atoms. The number of morpholine rings is 1. The van der Waals surface area contributed by atoms with Gasteiger partial charge in [-0.25, -0.2) is 14.6 Å². The molecule has 7 rings (SSSR count). The fourth-order valence-electron chi connectivity index (χ4n) is 5.97. The van der Waals surface area contributed by atoms with Crippen molar-refractivity contribution in [1.82, 2.24) is 19.7 Å². The van der Waals surface area contributed by atoms with Gasteiger partial charge >= 0.3 is 5.97 Å². The van der Waals surface area contributed by atoms with Crippen LogP contribution in [-0.2, 0) is 33.9 Å². The number of esters is 1. The van der Waals surface area contributed by atoms with E-state index in [0.29, 0.717) is 54.5 Å². The fraction of sp³-hybridized carbons (Fsp3) is 0.286. The maximum Gasteiger partial charge on any atom is 0.310 e. The molecule has 0 N–H and O–H groups in total. The number of rotatable bonds is 15. The molecule has 3 aromatic heterocycles. The van der Waals surface area contributed by atoms with E-state index in [0.717, 1.165) is 56.7 Å². The SMILES string of the molecule is CCOC(=O)Cc1ccc(-c2nc(COc3ccc(COc4nn(-c5ccccc5)cc4C=Cc4nc(N5CCOCC5)sc4C)cc3OC)c(C)o2)cc1. The summed E-state index contributed by atoms with van der Waals surface area (Å²) in [4.78, 5) is 24.8. The molecule has 0 spiro atoms. The molecule has 284 valence electrons. The first-order valence-electron chi connectivity index (χ1n) is 18.1. The molecule has 0 atom stereocenters. The van der Waals surface area contributed by atoms with Gasteiger partial charge in [-0.05, 0) is 80.4 Å². The molecular weight excluding hydrogens is 719 g/mol. The van der Waals surface area contributed by atoms with Crippen LogP contribution in [-0.4, -0.2) is 65.7 Å². The van der Waals surface area contributed by atoms with Crippen LogP contribution in [0.5, 0.6) is 17.4 Å². The molecule has 0 radical (unpaired) electrons. The lowest BCUT2D eigenvalue weighted by molar-refractivity contribution is -0.142. The molecule has 1 aliphatic rings. The molecule has 0 unspecified atom stereocenters. The van der Waals surface area contributed by atoms with E-state index in [2.05, 4.69) is 16.8 Å². The first-order valence-corrected chi connectivity index (χ1v) is 19.0. The van der Waals surface area contributed by atoms with Gasteiger partial charge in [-0.3, -0.25) is 4.79 Å². The standard InChI is InChI=1S/C42H43N5O7S/c1-5-51-39(48)24-30-11-14-32(15-12-30)40-43-36(28(2)54-40)27-52-37-18-13-31(23-38(37)49-4)26-53-41-33(25-47(45-41)34-9-7-6-8-10-34)16-17-35-29(3)55-42(44-35)46-19-21-50-22-20-46/h6-18,23,25H,5,19-22,24,26-27H2,1-4H3. The van der Waals surface area contributed by atoms with Crippen molar-refractivity contribution in [1.29, 1.82) is 0 Å².